The van der Waals surface area contributed by atoms with Gasteiger partial charge in [0.1, 0.15) is 0 Å². The molecule has 0 fully saturated rings. The predicted molar refractivity (Wildman–Crippen MR) is 84.4 cm³/mol. The van der Waals surface area contributed by atoms with Crippen molar-refractivity contribution in [2.45, 2.75) is 6.92 Å². The van der Waals surface area contributed by atoms with Crippen molar-refractivity contribution in [1.29, 1.82) is 0 Å². The number of nitrogens with zero attached hydrogens (tertiary/aromatic N) is 3. The first-order chi connectivity index (χ1) is 9.66. The highest BCUT2D eigenvalue weighted by atomic mass is 79.9. The monoisotopic (exact) mass is 346 g/mol. The molecular weight excluding hydrogens is 336 g/mol. The molecule has 3 rings (SSSR count). The molecule has 3 aromatic rings. The lowest BCUT2D eigenvalue weighted by Crippen LogP contribution is -1.99. The second kappa shape index (κ2) is 5.30. The van der Waals surface area contributed by atoms with E-state index in [0.29, 0.717) is 4.77 Å². The molecular formula is C14H11BrN4S. The van der Waals surface area contributed by atoms with Crippen molar-refractivity contribution in [3.05, 3.63) is 57.5 Å². The van der Waals surface area contributed by atoms with Crippen LogP contribution >= 0.6 is 28.1 Å². The van der Waals surface area contributed by atoms with Crippen molar-refractivity contribution in [3.63, 3.8) is 0 Å². The van der Waals surface area contributed by atoms with Crippen LogP contribution in [0.25, 0.3) is 17.1 Å². The van der Waals surface area contributed by atoms with Crippen LogP contribution in [-0.4, -0.2) is 19.7 Å². The minimum Gasteiger partial charge on any atom is -0.267 e. The largest absolute Gasteiger partial charge is 0.267 e. The van der Waals surface area contributed by atoms with Crippen LogP contribution in [0.5, 0.6) is 0 Å². The number of aryl methyl sites for hydroxylation is 1. The fraction of sp³-hybridized carbons (Fsp3) is 0.0714. The van der Waals surface area contributed by atoms with Gasteiger partial charge < -0.3 is 0 Å². The Kier molecular flexibility index (Phi) is 3.50. The van der Waals surface area contributed by atoms with E-state index in [4.69, 9.17) is 12.2 Å². The lowest BCUT2D eigenvalue weighted by Gasteiger charge is -2.09. The number of pyridine rings is 1. The lowest BCUT2D eigenvalue weighted by atomic mass is 10.2. The maximum absolute atomic E-state index is 5.36. The first-order valence-corrected chi connectivity index (χ1v) is 7.21. The Morgan fingerprint density at radius 1 is 1.20 bits per heavy atom. The molecule has 0 amide bonds. The maximum atomic E-state index is 5.36. The van der Waals surface area contributed by atoms with Crippen molar-refractivity contribution in [1.82, 2.24) is 19.7 Å². The van der Waals surface area contributed by atoms with Gasteiger partial charge in [0.15, 0.2) is 10.6 Å². The maximum Gasteiger partial charge on any atom is 0.200 e. The van der Waals surface area contributed by atoms with Gasteiger partial charge in [-0.3, -0.25) is 14.6 Å². The fourth-order valence-electron chi connectivity index (χ4n) is 2.01. The molecule has 2 heterocycles. The zero-order valence-electron chi connectivity index (χ0n) is 10.7. The highest BCUT2D eigenvalue weighted by molar-refractivity contribution is 9.10. The summed E-state index contributed by atoms with van der Waals surface area (Å²) in [4.78, 5) is 4.03. The molecule has 1 N–H and O–H groups in total. The number of aromatic amines is 1. The first-order valence-electron chi connectivity index (χ1n) is 6.01. The van der Waals surface area contributed by atoms with E-state index in [9.17, 15) is 0 Å². The van der Waals surface area contributed by atoms with Crippen LogP contribution < -0.4 is 0 Å². The Morgan fingerprint density at radius 2 is 1.95 bits per heavy atom. The van der Waals surface area contributed by atoms with E-state index in [1.807, 2.05) is 35.8 Å². The van der Waals surface area contributed by atoms with Gasteiger partial charge in [0.2, 0.25) is 0 Å². The molecule has 6 heteroatoms. The Bertz CT molecular complexity index is 808. The van der Waals surface area contributed by atoms with Crippen LogP contribution in [0.4, 0.5) is 0 Å². The minimum atomic E-state index is 0.557. The average Bonchev–Trinajstić information content (AvgIpc) is 2.82. The Morgan fingerprint density at radius 3 is 2.65 bits per heavy atom. The standard InChI is InChI=1S/C14H11BrN4S/c1-9-2-3-12(11(15)8-9)19-13(17-18-14(19)20)10-4-6-16-7-5-10/h2-8H,1H3,(H,18,20). The smallest absolute Gasteiger partial charge is 0.200 e. The number of hydrogen-bond acceptors (Lipinski definition) is 3. The molecule has 2 aromatic heterocycles. The third-order valence-electron chi connectivity index (χ3n) is 2.95. The summed E-state index contributed by atoms with van der Waals surface area (Å²) in [5.74, 6) is 0.766. The molecule has 0 unspecified atom stereocenters. The number of nitrogens with one attached hydrogen (secondary N) is 1. The van der Waals surface area contributed by atoms with Crippen molar-refractivity contribution in [2.75, 3.05) is 0 Å². The number of benzene rings is 1. The van der Waals surface area contributed by atoms with Gasteiger partial charge in [-0.05, 0) is 64.9 Å². The summed E-state index contributed by atoms with van der Waals surface area (Å²) >= 11 is 8.94. The zero-order chi connectivity index (χ0) is 14.1. The number of halogens is 1. The van der Waals surface area contributed by atoms with E-state index >= 15 is 0 Å². The molecule has 0 saturated carbocycles. The fourth-order valence-corrected chi connectivity index (χ4v) is 2.91. The number of aromatic nitrogens is 4. The Labute approximate surface area is 129 Å². The summed E-state index contributed by atoms with van der Waals surface area (Å²) in [5.41, 5.74) is 3.10. The second-order valence-corrected chi connectivity index (χ2v) is 5.62. The van der Waals surface area contributed by atoms with Gasteiger partial charge in [-0.25, -0.2) is 0 Å². The highest BCUT2D eigenvalue weighted by Gasteiger charge is 2.12. The zero-order valence-corrected chi connectivity index (χ0v) is 13.1. The summed E-state index contributed by atoms with van der Waals surface area (Å²) < 4.78 is 3.44. The Balaban J connectivity index is 2.25. The van der Waals surface area contributed by atoms with E-state index in [1.54, 1.807) is 12.4 Å². The SMILES string of the molecule is Cc1ccc(-n2c(-c3ccncc3)n[nH]c2=S)c(Br)c1. The van der Waals surface area contributed by atoms with Crippen molar-refractivity contribution < 1.29 is 0 Å². The van der Waals surface area contributed by atoms with Gasteiger partial charge in [0, 0.05) is 22.4 Å². The van der Waals surface area contributed by atoms with Gasteiger partial charge >= 0.3 is 0 Å². The van der Waals surface area contributed by atoms with Gasteiger partial charge in [0.05, 0.1) is 5.69 Å². The number of H-pyrrole nitrogens is 1. The predicted octanol–water partition coefficient (Wildman–Crippen LogP) is 4.06. The number of rotatable bonds is 2. The minimum absolute atomic E-state index is 0.557. The normalized spacial score (nSPS) is 10.7. The summed E-state index contributed by atoms with van der Waals surface area (Å²) in [6, 6.07) is 9.94. The molecule has 0 bridgehead atoms. The van der Waals surface area contributed by atoms with Gasteiger partial charge in [-0.1, -0.05) is 6.07 Å². The highest BCUT2D eigenvalue weighted by Crippen LogP contribution is 2.27. The molecule has 0 aliphatic carbocycles. The molecule has 0 radical (unpaired) electrons. The summed E-state index contributed by atoms with van der Waals surface area (Å²) in [5, 5.41) is 7.17. The van der Waals surface area contributed by atoms with Crippen LogP contribution in [0, 0.1) is 11.7 Å². The third-order valence-corrected chi connectivity index (χ3v) is 3.86. The van der Waals surface area contributed by atoms with Crippen LogP contribution in [0.1, 0.15) is 5.56 Å². The average molecular weight is 347 g/mol. The first kappa shape index (κ1) is 13.2. The molecule has 0 aliphatic heterocycles. The lowest BCUT2D eigenvalue weighted by molar-refractivity contribution is 1.03. The quantitative estimate of drug-likeness (QED) is 0.711. The topological polar surface area (TPSA) is 46.5 Å². The van der Waals surface area contributed by atoms with Crippen molar-refractivity contribution >= 4 is 28.1 Å². The van der Waals surface area contributed by atoms with E-state index < -0.39 is 0 Å². The van der Waals surface area contributed by atoms with Crippen LogP contribution in [0.3, 0.4) is 0 Å². The summed E-state index contributed by atoms with van der Waals surface area (Å²) in [7, 11) is 0. The molecule has 1 aromatic carbocycles. The van der Waals surface area contributed by atoms with Crippen LogP contribution in [-0.2, 0) is 0 Å². The van der Waals surface area contributed by atoms with Crippen molar-refractivity contribution in [3.8, 4) is 17.1 Å². The second-order valence-electron chi connectivity index (χ2n) is 4.38. The van der Waals surface area contributed by atoms with E-state index in [1.165, 1.54) is 5.56 Å². The van der Waals surface area contributed by atoms with Gasteiger partial charge in [-0.15, -0.1) is 0 Å². The third kappa shape index (κ3) is 2.32. The van der Waals surface area contributed by atoms with Crippen LogP contribution in [0.15, 0.2) is 47.2 Å². The Hall–Kier alpha value is -1.79. The van der Waals surface area contributed by atoms with E-state index in [-0.39, 0.29) is 0 Å². The molecule has 4 nitrogen and oxygen atoms in total. The van der Waals surface area contributed by atoms with Crippen LogP contribution in [0.2, 0.25) is 0 Å². The summed E-state index contributed by atoms with van der Waals surface area (Å²) in [6.07, 6.45) is 3.48. The van der Waals surface area contributed by atoms with Gasteiger partial charge in [-0.2, -0.15) is 5.10 Å². The molecule has 20 heavy (non-hydrogen) atoms. The molecule has 0 atom stereocenters. The molecule has 0 aliphatic rings. The van der Waals surface area contributed by atoms with E-state index in [2.05, 4.69) is 37.2 Å². The molecule has 0 saturated heterocycles. The summed E-state index contributed by atoms with van der Waals surface area (Å²) in [6.45, 7) is 2.05. The molecule has 100 valence electrons. The van der Waals surface area contributed by atoms with Gasteiger partial charge in [0.25, 0.3) is 0 Å². The van der Waals surface area contributed by atoms with E-state index in [0.717, 1.165) is 21.5 Å². The number of hydrogen-bond donors (Lipinski definition) is 1. The molecule has 0 spiro atoms. The van der Waals surface area contributed by atoms with Crippen molar-refractivity contribution in [2.24, 2.45) is 0 Å².